The van der Waals surface area contributed by atoms with Crippen LogP contribution in [0.25, 0.3) is 0 Å². The van der Waals surface area contributed by atoms with Crippen molar-refractivity contribution in [3.05, 3.63) is 41.2 Å². The van der Waals surface area contributed by atoms with Gasteiger partial charge in [0, 0.05) is 29.7 Å². The summed E-state index contributed by atoms with van der Waals surface area (Å²) in [5, 5.41) is 4.83. The smallest absolute Gasteiger partial charge is 0.0629 e. The minimum absolute atomic E-state index is 0.469. The van der Waals surface area contributed by atoms with Crippen molar-refractivity contribution >= 4 is 23.4 Å². The molecular formula is C11H12ClN3S. The molecule has 0 bridgehead atoms. The fraction of sp³-hybridized carbons (Fsp3) is 0.182. The van der Waals surface area contributed by atoms with Crippen molar-refractivity contribution in [1.82, 2.24) is 9.78 Å². The number of rotatable bonds is 3. The van der Waals surface area contributed by atoms with Crippen LogP contribution in [0.4, 0.5) is 0 Å². The van der Waals surface area contributed by atoms with Gasteiger partial charge in [-0.25, -0.2) is 0 Å². The molecule has 0 saturated carbocycles. The van der Waals surface area contributed by atoms with E-state index in [1.165, 1.54) is 0 Å². The molecule has 0 aliphatic carbocycles. The zero-order valence-corrected chi connectivity index (χ0v) is 10.4. The van der Waals surface area contributed by atoms with Crippen molar-refractivity contribution < 1.29 is 0 Å². The highest BCUT2D eigenvalue weighted by molar-refractivity contribution is 7.99. The molecule has 0 aliphatic heterocycles. The van der Waals surface area contributed by atoms with Gasteiger partial charge in [0.05, 0.1) is 11.1 Å². The summed E-state index contributed by atoms with van der Waals surface area (Å²) in [5.74, 6) is 0. The summed E-state index contributed by atoms with van der Waals surface area (Å²) >= 11 is 7.72. The summed E-state index contributed by atoms with van der Waals surface area (Å²) in [7, 11) is 1.90. The molecule has 1 aromatic carbocycles. The Hall–Kier alpha value is -0.970. The summed E-state index contributed by atoms with van der Waals surface area (Å²) in [4.78, 5) is 2.19. The number of hydrogen-bond donors (Lipinski definition) is 1. The van der Waals surface area contributed by atoms with Gasteiger partial charge in [-0.3, -0.25) is 4.68 Å². The number of nitrogens with two attached hydrogens (primary N) is 1. The number of aromatic nitrogens is 2. The molecule has 0 fully saturated rings. The van der Waals surface area contributed by atoms with E-state index in [0.29, 0.717) is 6.54 Å². The molecule has 84 valence electrons. The monoisotopic (exact) mass is 253 g/mol. The van der Waals surface area contributed by atoms with E-state index in [1.807, 2.05) is 37.6 Å². The molecule has 1 heterocycles. The SMILES string of the molecule is Cn1cc(Sc2ccc(CN)c(Cl)c2)cn1. The van der Waals surface area contributed by atoms with E-state index in [2.05, 4.69) is 5.10 Å². The standard InChI is InChI=1S/C11H12ClN3S/c1-15-7-10(6-14-15)16-9-3-2-8(5-13)11(12)4-9/h2-4,6-7H,5,13H2,1H3. The fourth-order valence-electron chi connectivity index (χ4n) is 1.34. The molecular weight excluding hydrogens is 242 g/mol. The number of aryl methyl sites for hydroxylation is 1. The number of hydrogen-bond acceptors (Lipinski definition) is 3. The average molecular weight is 254 g/mol. The van der Waals surface area contributed by atoms with Gasteiger partial charge in [0.15, 0.2) is 0 Å². The van der Waals surface area contributed by atoms with E-state index < -0.39 is 0 Å². The van der Waals surface area contributed by atoms with Crippen LogP contribution in [0.5, 0.6) is 0 Å². The van der Waals surface area contributed by atoms with Crippen molar-refractivity contribution in [2.24, 2.45) is 12.8 Å². The van der Waals surface area contributed by atoms with Gasteiger partial charge in [0.2, 0.25) is 0 Å². The maximum absolute atomic E-state index is 6.09. The highest BCUT2D eigenvalue weighted by Gasteiger charge is 2.03. The van der Waals surface area contributed by atoms with Crippen LogP contribution in [0.15, 0.2) is 40.4 Å². The van der Waals surface area contributed by atoms with E-state index in [0.717, 1.165) is 20.4 Å². The molecule has 2 N–H and O–H groups in total. The molecule has 1 aromatic heterocycles. The van der Waals surface area contributed by atoms with Crippen LogP contribution >= 0.6 is 23.4 Å². The Morgan fingerprint density at radius 1 is 1.44 bits per heavy atom. The zero-order valence-electron chi connectivity index (χ0n) is 8.85. The third-order valence-electron chi connectivity index (χ3n) is 2.16. The molecule has 3 nitrogen and oxygen atoms in total. The molecule has 2 aromatic rings. The molecule has 0 saturated heterocycles. The lowest BCUT2D eigenvalue weighted by Gasteiger charge is -2.03. The van der Waals surface area contributed by atoms with Crippen LogP contribution in [0.2, 0.25) is 5.02 Å². The first-order valence-corrected chi connectivity index (χ1v) is 6.03. The Morgan fingerprint density at radius 2 is 2.25 bits per heavy atom. The van der Waals surface area contributed by atoms with E-state index in [4.69, 9.17) is 17.3 Å². The second-order valence-corrected chi connectivity index (χ2v) is 4.96. The molecule has 16 heavy (non-hydrogen) atoms. The lowest BCUT2D eigenvalue weighted by Crippen LogP contribution is -1.96. The largest absolute Gasteiger partial charge is 0.326 e. The van der Waals surface area contributed by atoms with Gasteiger partial charge in [-0.15, -0.1) is 0 Å². The van der Waals surface area contributed by atoms with E-state index in [-0.39, 0.29) is 0 Å². The second kappa shape index (κ2) is 4.91. The minimum Gasteiger partial charge on any atom is -0.326 e. The molecule has 0 spiro atoms. The minimum atomic E-state index is 0.469. The third-order valence-corrected chi connectivity index (χ3v) is 3.45. The first kappa shape index (κ1) is 11.5. The van der Waals surface area contributed by atoms with Gasteiger partial charge in [-0.1, -0.05) is 29.4 Å². The van der Waals surface area contributed by atoms with Gasteiger partial charge in [-0.2, -0.15) is 5.10 Å². The van der Waals surface area contributed by atoms with Crippen LogP contribution in [0, 0.1) is 0 Å². The zero-order chi connectivity index (χ0) is 11.5. The van der Waals surface area contributed by atoms with Crippen LogP contribution in [-0.4, -0.2) is 9.78 Å². The summed E-state index contributed by atoms with van der Waals surface area (Å²) in [6.45, 7) is 0.469. The lowest BCUT2D eigenvalue weighted by atomic mass is 10.2. The normalized spacial score (nSPS) is 10.7. The predicted octanol–water partition coefficient (Wildman–Crippen LogP) is 2.68. The van der Waals surface area contributed by atoms with Crippen LogP contribution < -0.4 is 5.73 Å². The van der Waals surface area contributed by atoms with Gasteiger partial charge in [0.1, 0.15) is 0 Å². The quantitative estimate of drug-likeness (QED) is 0.915. The second-order valence-electron chi connectivity index (χ2n) is 3.41. The van der Waals surface area contributed by atoms with Crippen molar-refractivity contribution in [2.45, 2.75) is 16.3 Å². The number of benzene rings is 1. The fourth-order valence-corrected chi connectivity index (χ4v) is 2.56. The van der Waals surface area contributed by atoms with Crippen molar-refractivity contribution in [1.29, 1.82) is 0 Å². The van der Waals surface area contributed by atoms with Crippen molar-refractivity contribution in [3.63, 3.8) is 0 Å². The molecule has 0 radical (unpaired) electrons. The Labute approximate surface area is 104 Å². The van der Waals surface area contributed by atoms with Crippen LogP contribution in [0.3, 0.4) is 0 Å². The summed E-state index contributed by atoms with van der Waals surface area (Å²) < 4.78 is 1.78. The molecule has 0 aliphatic rings. The highest BCUT2D eigenvalue weighted by Crippen LogP contribution is 2.30. The summed E-state index contributed by atoms with van der Waals surface area (Å²) in [6.07, 6.45) is 3.80. The maximum Gasteiger partial charge on any atom is 0.0629 e. The van der Waals surface area contributed by atoms with E-state index in [1.54, 1.807) is 16.4 Å². The van der Waals surface area contributed by atoms with Crippen molar-refractivity contribution in [3.8, 4) is 0 Å². The van der Waals surface area contributed by atoms with Crippen LogP contribution in [-0.2, 0) is 13.6 Å². The van der Waals surface area contributed by atoms with E-state index in [9.17, 15) is 0 Å². The molecule has 0 amide bonds. The number of nitrogens with zero attached hydrogens (tertiary/aromatic N) is 2. The third kappa shape index (κ3) is 2.58. The molecule has 2 rings (SSSR count). The van der Waals surface area contributed by atoms with Gasteiger partial charge in [-0.05, 0) is 17.7 Å². The van der Waals surface area contributed by atoms with Crippen molar-refractivity contribution in [2.75, 3.05) is 0 Å². The first-order valence-electron chi connectivity index (χ1n) is 4.84. The lowest BCUT2D eigenvalue weighted by molar-refractivity contribution is 0.766. The van der Waals surface area contributed by atoms with Crippen LogP contribution in [0.1, 0.15) is 5.56 Å². The topological polar surface area (TPSA) is 43.8 Å². The number of halogens is 1. The summed E-state index contributed by atoms with van der Waals surface area (Å²) in [5.41, 5.74) is 6.52. The Morgan fingerprint density at radius 3 is 2.81 bits per heavy atom. The molecule has 0 unspecified atom stereocenters. The summed E-state index contributed by atoms with van der Waals surface area (Å²) in [6, 6.07) is 5.91. The molecule has 5 heteroatoms. The van der Waals surface area contributed by atoms with E-state index >= 15 is 0 Å². The maximum atomic E-state index is 6.09. The predicted molar refractivity (Wildman–Crippen MR) is 66.7 cm³/mol. The Balaban J connectivity index is 2.19. The Bertz CT molecular complexity index is 496. The average Bonchev–Trinajstić information content (AvgIpc) is 2.64. The Kier molecular flexibility index (Phi) is 3.53. The molecule has 0 atom stereocenters. The van der Waals surface area contributed by atoms with Gasteiger partial charge in [0.25, 0.3) is 0 Å². The first-order chi connectivity index (χ1) is 7.69. The highest BCUT2D eigenvalue weighted by atomic mass is 35.5. The van der Waals surface area contributed by atoms with Gasteiger partial charge >= 0.3 is 0 Å². The van der Waals surface area contributed by atoms with Gasteiger partial charge < -0.3 is 5.73 Å².